The normalized spacial score (nSPS) is 14.0. The number of carbonyl (C=O) groups is 2. The number of carboxylic acids is 1. The Labute approximate surface area is 229 Å². The zero-order chi connectivity index (χ0) is 25.6. The molecular weight excluding hydrogens is 497 g/mol. The van der Waals surface area contributed by atoms with Crippen LogP contribution in [0.3, 0.4) is 0 Å². The largest absolute Gasteiger partial charge is 1.00 e. The first-order valence-corrected chi connectivity index (χ1v) is 11.6. The molecule has 2 aromatic carbocycles. The molecule has 0 aliphatic carbocycles. The fourth-order valence-electron chi connectivity index (χ4n) is 3.32. The van der Waals surface area contributed by atoms with Crippen molar-refractivity contribution in [3.63, 3.8) is 0 Å². The molecule has 0 aromatic heterocycles. The molecule has 2 N–H and O–H groups in total. The zero-order valence-corrected chi connectivity index (χ0v) is 22.0. The van der Waals surface area contributed by atoms with Gasteiger partial charge in [-0.2, -0.15) is 29.1 Å². The Bertz CT molecular complexity index is 1370. The van der Waals surface area contributed by atoms with Gasteiger partial charge in [-0.15, -0.1) is 0 Å². The Morgan fingerprint density at radius 1 is 1.03 bits per heavy atom. The van der Waals surface area contributed by atoms with E-state index >= 15 is 0 Å². The van der Waals surface area contributed by atoms with Crippen molar-refractivity contribution in [2.75, 3.05) is 23.0 Å². The van der Waals surface area contributed by atoms with Crippen molar-refractivity contribution in [1.82, 2.24) is 0 Å². The molecule has 0 bridgehead atoms. The third kappa shape index (κ3) is 6.79. The van der Waals surface area contributed by atoms with Gasteiger partial charge < -0.3 is 10.0 Å². The number of carbonyl (C=O) groups excluding carboxylic acids is 1. The van der Waals surface area contributed by atoms with Crippen molar-refractivity contribution < 1.29 is 57.2 Å². The van der Waals surface area contributed by atoms with E-state index in [1.165, 1.54) is 18.2 Å². The van der Waals surface area contributed by atoms with Crippen molar-refractivity contribution in [3.8, 4) is 12.1 Å². The van der Waals surface area contributed by atoms with Crippen LogP contribution in [0.2, 0.25) is 0 Å². The first-order valence-electron chi connectivity index (χ1n) is 10.2. The van der Waals surface area contributed by atoms with Gasteiger partial charge in [0.2, 0.25) is 0 Å². The van der Waals surface area contributed by atoms with E-state index in [0.29, 0.717) is 18.7 Å². The van der Waals surface area contributed by atoms with Gasteiger partial charge in [-0.25, -0.2) is 4.79 Å². The van der Waals surface area contributed by atoms with Crippen LogP contribution in [0.1, 0.15) is 18.4 Å². The number of hydrazone groups is 1. The molecular formula is C23H19N5NaO6S+. The van der Waals surface area contributed by atoms with Gasteiger partial charge in [-0.3, -0.25) is 9.35 Å². The summed E-state index contributed by atoms with van der Waals surface area (Å²) in [5.74, 6) is -2.15. The van der Waals surface area contributed by atoms with Crippen LogP contribution < -0.4 is 39.5 Å². The SMILES string of the molecule is N#CCCN(CCC#N)c1ccc(/C=C2\C(=O)N(c3ccc(S(=O)(=O)O)cc3)N=C2C(=O)O)cc1.[Na+]. The van der Waals surface area contributed by atoms with Crippen molar-refractivity contribution in [2.24, 2.45) is 5.10 Å². The maximum Gasteiger partial charge on any atom is 1.00 e. The summed E-state index contributed by atoms with van der Waals surface area (Å²) in [4.78, 5) is 26.2. The molecule has 0 spiro atoms. The molecule has 0 atom stereocenters. The fourth-order valence-corrected chi connectivity index (χ4v) is 3.81. The maximum atomic E-state index is 13.0. The number of nitrogens with zero attached hydrogens (tertiary/aromatic N) is 5. The second kappa shape index (κ2) is 12.4. The van der Waals surface area contributed by atoms with Gasteiger partial charge in [0.05, 0.1) is 41.1 Å². The van der Waals surface area contributed by atoms with Crippen molar-refractivity contribution in [1.29, 1.82) is 10.5 Å². The Morgan fingerprint density at radius 2 is 1.58 bits per heavy atom. The van der Waals surface area contributed by atoms with Crippen LogP contribution in [-0.4, -0.2) is 48.8 Å². The first kappa shape index (κ1) is 28.7. The van der Waals surface area contributed by atoms with Gasteiger partial charge >= 0.3 is 35.5 Å². The van der Waals surface area contributed by atoms with Crippen LogP contribution >= 0.6 is 0 Å². The molecule has 36 heavy (non-hydrogen) atoms. The van der Waals surface area contributed by atoms with E-state index in [1.54, 1.807) is 24.3 Å². The topological polar surface area (TPSA) is 175 Å². The summed E-state index contributed by atoms with van der Waals surface area (Å²) in [6.07, 6.45) is 1.94. The van der Waals surface area contributed by atoms with E-state index in [-0.39, 0.29) is 58.6 Å². The van der Waals surface area contributed by atoms with Gasteiger partial charge in [0.25, 0.3) is 16.0 Å². The molecule has 2 aromatic rings. The Kier molecular flexibility index (Phi) is 9.93. The van der Waals surface area contributed by atoms with E-state index in [9.17, 15) is 23.1 Å². The maximum absolute atomic E-state index is 13.0. The van der Waals surface area contributed by atoms with Crippen LogP contribution in [0.15, 0.2) is 64.1 Å². The minimum Gasteiger partial charge on any atom is -0.476 e. The Morgan fingerprint density at radius 3 is 2.06 bits per heavy atom. The number of nitriles is 2. The minimum atomic E-state index is -4.43. The predicted octanol–water partition coefficient (Wildman–Crippen LogP) is -0.558. The second-order valence-corrected chi connectivity index (χ2v) is 8.71. The molecule has 1 aliphatic heterocycles. The van der Waals surface area contributed by atoms with Crippen molar-refractivity contribution in [2.45, 2.75) is 17.7 Å². The number of amides is 1. The third-order valence-corrected chi connectivity index (χ3v) is 5.88. The molecule has 1 heterocycles. The Hall–Kier alpha value is -3.52. The van der Waals surface area contributed by atoms with Crippen LogP contribution in [0.4, 0.5) is 11.4 Å². The molecule has 3 rings (SSSR count). The molecule has 1 amide bonds. The fraction of sp³-hybridized carbons (Fsp3) is 0.174. The molecule has 0 radical (unpaired) electrons. The van der Waals surface area contributed by atoms with E-state index < -0.39 is 27.7 Å². The standard InChI is InChI=1S/C23H19N5O6S.Na/c24-11-1-13-27(14-2-12-25)17-5-3-16(4-6-17)15-20-21(23(30)31)26-28(22(20)29)18-7-9-19(10-8-18)35(32,33)34;/h3-10,15H,1-2,13-14H2,(H,30,31)(H,32,33,34);/q;+1/b20-15-;. The number of anilines is 2. The van der Waals surface area contributed by atoms with E-state index in [2.05, 4.69) is 17.2 Å². The van der Waals surface area contributed by atoms with Gasteiger partial charge in [0.1, 0.15) is 0 Å². The molecule has 0 unspecified atom stereocenters. The second-order valence-electron chi connectivity index (χ2n) is 7.29. The molecule has 0 saturated heterocycles. The molecule has 178 valence electrons. The van der Waals surface area contributed by atoms with E-state index in [4.69, 9.17) is 15.1 Å². The number of hydrogen-bond acceptors (Lipinski definition) is 8. The number of aliphatic carboxylic acids is 1. The van der Waals surface area contributed by atoms with Crippen molar-refractivity contribution in [3.05, 3.63) is 59.7 Å². The van der Waals surface area contributed by atoms with E-state index in [1.807, 2.05) is 4.90 Å². The molecule has 1 aliphatic rings. The first-order chi connectivity index (χ1) is 16.7. The van der Waals surface area contributed by atoms with Gasteiger partial charge in [-0.05, 0) is 48.0 Å². The summed E-state index contributed by atoms with van der Waals surface area (Å²) < 4.78 is 31.6. The molecule has 11 nitrogen and oxygen atoms in total. The zero-order valence-electron chi connectivity index (χ0n) is 19.2. The van der Waals surface area contributed by atoms with Gasteiger partial charge in [-0.1, -0.05) is 12.1 Å². The number of rotatable bonds is 9. The van der Waals surface area contributed by atoms with Crippen LogP contribution in [0.5, 0.6) is 0 Å². The van der Waals surface area contributed by atoms with Crippen LogP contribution in [-0.2, 0) is 19.7 Å². The third-order valence-electron chi connectivity index (χ3n) is 5.02. The number of hydrogen-bond donors (Lipinski definition) is 2. The average molecular weight is 516 g/mol. The van der Waals surface area contributed by atoms with Crippen LogP contribution in [0.25, 0.3) is 6.08 Å². The quantitative estimate of drug-likeness (QED) is 0.251. The summed E-state index contributed by atoms with van der Waals surface area (Å²) >= 11 is 0. The molecule has 0 fully saturated rings. The van der Waals surface area contributed by atoms with Crippen LogP contribution in [0, 0.1) is 22.7 Å². The summed E-state index contributed by atoms with van der Waals surface area (Å²) in [6.45, 7) is 0.885. The van der Waals surface area contributed by atoms with E-state index in [0.717, 1.165) is 22.8 Å². The number of benzene rings is 2. The van der Waals surface area contributed by atoms with Crippen molar-refractivity contribution >= 4 is 45.2 Å². The average Bonchev–Trinajstić information content (AvgIpc) is 3.15. The van der Waals surface area contributed by atoms with Gasteiger partial charge in [0.15, 0.2) is 5.71 Å². The summed E-state index contributed by atoms with van der Waals surface area (Å²) in [5.41, 5.74) is 0.751. The smallest absolute Gasteiger partial charge is 0.476 e. The monoisotopic (exact) mass is 516 g/mol. The molecule has 0 saturated carbocycles. The predicted molar refractivity (Wildman–Crippen MR) is 126 cm³/mol. The van der Waals surface area contributed by atoms with Gasteiger partial charge in [0, 0.05) is 18.8 Å². The summed E-state index contributed by atoms with van der Waals surface area (Å²) in [6, 6.07) is 15.5. The summed E-state index contributed by atoms with van der Waals surface area (Å²) in [7, 11) is -4.43. The summed E-state index contributed by atoms with van der Waals surface area (Å²) in [5, 5.41) is 32.0. The number of carboxylic acid groups (broad SMARTS) is 1. The molecule has 13 heteroatoms. The minimum absolute atomic E-state index is 0. The Balaban J connectivity index is 0.00000456.